The molecule has 0 bridgehead atoms. The largest absolute Gasteiger partial charge is 0.506 e. The predicted octanol–water partition coefficient (Wildman–Crippen LogP) is 3.16. The van der Waals surface area contributed by atoms with Crippen LogP contribution < -0.4 is 5.32 Å². The molecule has 16 heavy (non-hydrogen) atoms. The minimum atomic E-state index is 0.257. The molecule has 0 amide bonds. The molecule has 1 heterocycles. The Morgan fingerprint density at radius 1 is 1.25 bits per heavy atom. The quantitative estimate of drug-likeness (QED) is 0.848. The third-order valence-electron chi connectivity index (χ3n) is 2.23. The topological polar surface area (TPSA) is 45.1 Å². The van der Waals surface area contributed by atoms with Crippen molar-refractivity contribution in [3.8, 4) is 5.75 Å². The number of aromatic hydroxyl groups is 1. The van der Waals surface area contributed by atoms with Crippen molar-refractivity contribution in [1.82, 2.24) is 4.98 Å². The second-order valence-corrected chi connectivity index (χ2v) is 4.19. The smallest absolute Gasteiger partial charge is 0.138 e. The fourth-order valence-corrected chi connectivity index (χ4v) is 1.75. The van der Waals surface area contributed by atoms with E-state index in [9.17, 15) is 5.11 Å². The van der Waals surface area contributed by atoms with Gasteiger partial charge in [-0.25, -0.2) is 0 Å². The molecule has 0 fully saturated rings. The van der Waals surface area contributed by atoms with Crippen LogP contribution in [-0.4, -0.2) is 10.1 Å². The predicted molar refractivity (Wildman–Crippen MR) is 67.4 cm³/mol. The lowest BCUT2D eigenvalue weighted by atomic mass is 10.2. The van der Waals surface area contributed by atoms with Crippen LogP contribution in [0.5, 0.6) is 5.75 Å². The van der Waals surface area contributed by atoms with Crippen LogP contribution in [-0.2, 0) is 6.54 Å². The molecule has 0 saturated heterocycles. The van der Waals surface area contributed by atoms with E-state index in [2.05, 4.69) is 26.2 Å². The molecule has 0 aliphatic carbocycles. The maximum atomic E-state index is 9.57. The molecule has 0 aliphatic heterocycles. The molecule has 3 nitrogen and oxygen atoms in total. The number of rotatable bonds is 3. The van der Waals surface area contributed by atoms with Crippen molar-refractivity contribution in [2.75, 3.05) is 5.32 Å². The van der Waals surface area contributed by atoms with Gasteiger partial charge in [-0.1, -0.05) is 12.1 Å². The van der Waals surface area contributed by atoms with Gasteiger partial charge in [0.05, 0.1) is 5.69 Å². The molecule has 0 atom stereocenters. The number of halogens is 1. The van der Waals surface area contributed by atoms with E-state index < -0.39 is 0 Å². The molecule has 0 unspecified atom stereocenters. The van der Waals surface area contributed by atoms with Crippen LogP contribution in [0, 0.1) is 0 Å². The summed E-state index contributed by atoms with van der Waals surface area (Å²) in [4.78, 5) is 3.99. The number of hydrogen-bond acceptors (Lipinski definition) is 3. The highest BCUT2D eigenvalue weighted by molar-refractivity contribution is 9.10. The third kappa shape index (κ3) is 2.52. The maximum absolute atomic E-state index is 9.57. The maximum Gasteiger partial charge on any atom is 0.138 e. The molecule has 0 radical (unpaired) electrons. The minimum Gasteiger partial charge on any atom is -0.506 e. The molecule has 0 aliphatic rings. The minimum absolute atomic E-state index is 0.257. The average Bonchev–Trinajstić information content (AvgIpc) is 2.30. The highest BCUT2D eigenvalue weighted by Crippen LogP contribution is 2.23. The Bertz CT molecular complexity index is 442. The van der Waals surface area contributed by atoms with Gasteiger partial charge in [-0.3, -0.25) is 4.98 Å². The molecule has 2 N–H and O–H groups in total. The Hall–Kier alpha value is -1.55. The molecule has 82 valence electrons. The van der Waals surface area contributed by atoms with Crippen LogP contribution in [0.1, 0.15) is 5.56 Å². The summed E-state index contributed by atoms with van der Waals surface area (Å²) in [5.41, 5.74) is 1.82. The van der Waals surface area contributed by atoms with Gasteiger partial charge in [-0.05, 0) is 39.7 Å². The zero-order valence-electron chi connectivity index (χ0n) is 8.52. The van der Waals surface area contributed by atoms with Gasteiger partial charge in [0.1, 0.15) is 5.75 Å². The summed E-state index contributed by atoms with van der Waals surface area (Å²) in [7, 11) is 0. The molecule has 0 spiro atoms. The molecular weight excluding hydrogens is 268 g/mol. The summed E-state index contributed by atoms with van der Waals surface area (Å²) in [6.07, 6.45) is 3.49. The zero-order valence-corrected chi connectivity index (χ0v) is 10.1. The number of hydrogen-bond donors (Lipinski definition) is 2. The molecule has 0 saturated carbocycles. The van der Waals surface area contributed by atoms with E-state index >= 15 is 0 Å². The standard InChI is InChI=1S/C12H11BrN2O/c13-10-8-14-6-5-9(10)7-15-11-3-1-2-4-12(11)16/h1-6,8,15-16H,7H2. The van der Waals surface area contributed by atoms with Gasteiger partial charge in [-0.2, -0.15) is 0 Å². The van der Waals surface area contributed by atoms with Gasteiger partial charge in [0.15, 0.2) is 0 Å². The first kappa shape index (κ1) is 11.0. The molecule has 1 aromatic carbocycles. The van der Waals surface area contributed by atoms with Crippen LogP contribution in [0.3, 0.4) is 0 Å². The lowest BCUT2D eigenvalue weighted by molar-refractivity contribution is 0.477. The van der Waals surface area contributed by atoms with Gasteiger partial charge in [0.2, 0.25) is 0 Å². The Morgan fingerprint density at radius 3 is 2.81 bits per heavy atom. The van der Waals surface area contributed by atoms with Crippen LogP contribution in [0.4, 0.5) is 5.69 Å². The number of phenols is 1. The van der Waals surface area contributed by atoms with Gasteiger partial charge in [0.25, 0.3) is 0 Å². The van der Waals surface area contributed by atoms with Crippen LogP contribution in [0.2, 0.25) is 0 Å². The highest BCUT2D eigenvalue weighted by Gasteiger charge is 2.01. The number of pyridine rings is 1. The Morgan fingerprint density at radius 2 is 2.06 bits per heavy atom. The first-order valence-corrected chi connectivity index (χ1v) is 5.67. The van der Waals surface area contributed by atoms with Gasteiger partial charge < -0.3 is 10.4 Å². The number of nitrogens with one attached hydrogen (secondary N) is 1. The summed E-state index contributed by atoms with van der Waals surface area (Å²) >= 11 is 3.42. The average molecular weight is 279 g/mol. The zero-order chi connectivity index (χ0) is 11.4. The van der Waals surface area contributed by atoms with Crippen LogP contribution in [0.15, 0.2) is 47.2 Å². The van der Waals surface area contributed by atoms with Crippen LogP contribution in [0.25, 0.3) is 0 Å². The fraction of sp³-hybridized carbons (Fsp3) is 0.0833. The van der Waals surface area contributed by atoms with E-state index in [0.29, 0.717) is 6.54 Å². The Balaban J connectivity index is 2.09. The summed E-state index contributed by atoms with van der Waals surface area (Å²) in [6.45, 7) is 0.640. The monoisotopic (exact) mass is 278 g/mol. The first-order chi connectivity index (χ1) is 7.77. The number of phenolic OH excluding ortho intramolecular Hbond substituents is 1. The summed E-state index contributed by atoms with van der Waals surface area (Å²) in [5, 5.41) is 12.7. The Labute approximate surface area is 102 Å². The second-order valence-electron chi connectivity index (χ2n) is 3.34. The van der Waals surface area contributed by atoms with Crippen LogP contribution >= 0.6 is 15.9 Å². The lowest BCUT2D eigenvalue weighted by Gasteiger charge is -2.09. The van der Waals surface area contributed by atoms with Crippen molar-refractivity contribution in [2.45, 2.75) is 6.54 Å². The SMILES string of the molecule is Oc1ccccc1NCc1ccncc1Br. The Kier molecular flexibility index (Phi) is 3.41. The van der Waals surface area contributed by atoms with Crippen molar-refractivity contribution < 1.29 is 5.11 Å². The lowest BCUT2D eigenvalue weighted by Crippen LogP contribution is -2.00. The third-order valence-corrected chi connectivity index (χ3v) is 2.94. The van der Waals surface area contributed by atoms with Gasteiger partial charge >= 0.3 is 0 Å². The molecular formula is C12H11BrN2O. The fourth-order valence-electron chi connectivity index (χ4n) is 1.36. The number of aromatic nitrogens is 1. The number of para-hydroxylation sites is 2. The number of nitrogens with zero attached hydrogens (tertiary/aromatic N) is 1. The van der Waals surface area contributed by atoms with Gasteiger partial charge in [-0.15, -0.1) is 0 Å². The van der Waals surface area contributed by atoms with Crippen molar-refractivity contribution in [2.24, 2.45) is 0 Å². The summed E-state index contributed by atoms with van der Waals surface area (Å²) < 4.78 is 0.956. The second kappa shape index (κ2) is 4.99. The number of benzene rings is 1. The molecule has 2 aromatic rings. The summed E-state index contributed by atoms with van der Waals surface area (Å²) in [6, 6.07) is 9.10. The number of anilines is 1. The van der Waals surface area contributed by atoms with E-state index in [1.807, 2.05) is 18.2 Å². The molecule has 4 heteroatoms. The van der Waals surface area contributed by atoms with Crippen molar-refractivity contribution in [3.05, 3.63) is 52.8 Å². The van der Waals surface area contributed by atoms with E-state index in [1.165, 1.54) is 0 Å². The first-order valence-electron chi connectivity index (χ1n) is 4.87. The molecule has 1 aromatic heterocycles. The van der Waals surface area contributed by atoms with E-state index in [4.69, 9.17) is 0 Å². The van der Waals surface area contributed by atoms with E-state index in [-0.39, 0.29) is 5.75 Å². The van der Waals surface area contributed by atoms with Crippen molar-refractivity contribution >= 4 is 21.6 Å². The van der Waals surface area contributed by atoms with Crippen molar-refractivity contribution in [3.63, 3.8) is 0 Å². The van der Waals surface area contributed by atoms with Crippen molar-refractivity contribution in [1.29, 1.82) is 0 Å². The molecule has 2 rings (SSSR count). The normalized spacial score (nSPS) is 10.1. The van der Waals surface area contributed by atoms with E-state index in [0.717, 1.165) is 15.7 Å². The highest BCUT2D eigenvalue weighted by atomic mass is 79.9. The summed E-state index contributed by atoms with van der Waals surface area (Å²) in [5.74, 6) is 0.257. The van der Waals surface area contributed by atoms with E-state index in [1.54, 1.807) is 24.5 Å². The van der Waals surface area contributed by atoms with Gasteiger partial charge in [0, 0.05) is 23.4 Å².